The molecule has 0 saturated heterocycles. The highest BCUT2D eigenvalue weighted by molar-refractivity contribution is 6.33. The fraction of sp³-hybridized carbons (Fsp3) is 0.235. The van der Waals surface area contributed by atoms with Crippen LogP contribution in [-0.4, -0.2) is 27.3 Å². The van der Waals surface area contributed by atoms with Crippen LogP contribution < -0.4 is 20.1 Å². The third kappa shape index (κ3) is 4.44. The van der Waals surface area contributed by atoms with Crippen molar-refractivity contribution < 1.29 is 9.47 Å². The summed E-state index contributed by atoms with van der Waals surface area (Å²) in [6.07, 6.45) is 0. The van der Waals surface area contributed by atoms with E-state index in [1.165, 1.54) is 0 Å². The van der Waals surface area contributed by atoms with Crippen LogP contribution in [0.25, 0.3) is 0 Å². The first-order chi connectivity index (χ1) is 11.2. The third-order valence-corrected chi connectivity index (χ3v) is 3.56. The molecule has 0 aromatic heterocycles. The van der Waals surface area contributed by atoms with Gasteiger partial charge in [0.2, 0.25) is 0 Å². The normalized spacial score (nSPS) is 9.83. The number of hydrogen-bond donors (Lipinski definition) is 2. The minimum atomic E-state index is 0.528. The number of nitriles is 1. The van der Waals surface area contributed by atoms with Gasteiger partial charge in [-0.3, -0.25) is 0 Å². The lowest BCUT2D eigenvalue weighted by atomic mass is 10.2. The molecular formula is C17H18ClN3O2. The van der Waals surface area contributed by atoms with Crippen LogP contribution >= 0.6 is 11.6 Å². The van der Waals surface area contributed by atoms with Crippen molar-refractivity contribution in [2.24, 2.45) is 0 Å². The fourth-order valence-corrected chi connectivity index (χ4v) is 2.34. The summed E-state index contributed by atoms with van der Waals surface area (Å²) in [5.74, 6) is 1.44. The van der Waals surface area contributed by atoms with Crippen LogP contribution in [0.1, 0.15) is 5.56 Å². The maximum Gasteiger partial charge on any atom is 0.124 e. The van der Waals surface area contributed by atoms with Crippen molar-refractivity contribution in [3.05, 3.63) is 47.0 Å². The maximum absolute atomic E-state index is 9.10. The minimum Gasteiger partial charge on any atom is -0.497 e. The van der Waals surface area contributed by atoms with Gasteiger partial charge in [0.25, 0.3) is 0 Å². The topological polar surface area (TPSA) is 66.3 Å². The van der Waals surface area contributed by atoms with Gasteiger partial charge in [-0.1, -0.05) is 17.7 Å². The Bertz CT molecular complexity index is 691. The van der Waals surface area contributed by atoms with Crippen molar-refractivity contribution >= 4 is 23.0 Å². The molecule has 0 saturated carbocycles. The predicted molar refractivity (Wildman–Crippen MR) is 92.7 cm³/mol. The van der Waals surface area contributed by atoms with E-state index in [2.05, 4.69) is 16.7 Å². The second kappa shape index (κ2) is 8.16. The number of hydrogen-bond acceptors (Lipinski definition) is 5. The molecule has 0 aliphatic rings. The highest BCUT2D eigenvalue weighted by Crippen LogP contribution is 2.26. The van der Waals surface area contributed by atoms with Crippen LogP contribution in [0.15, 0.2) is 36.4 Å². The third-order valence-electron chi connectivity index (χ3n) is 3.24. The molecule has 2 rings (SSSR count). The molecule has 6 heteroatoms. The first kappa shape index (κ1) is 16.8. The van der Waals surface area contributed by atoms with Gasteiger partial charge in [-0.15, -0.1) is 0 Å². The van der Waals surface area contributed by atoms with Crippen LogP contribution in [0.3, 0.4) is 0 Å². The quantitative estimate of drug-likeness (QED) is 0.756. The molecule has 0 aliphatic carbocycles. The van der Waals surface area contributed by atoms with Gasteiger partial charge < -0.3 is 20.1 Å². The van der Waals surface area contributed by atoms with E-state index in [9.17, 15) is 0 Å². The van der Waals surface area contributed by atoms with E-state index in [0.717, 1.165) is 17.2 Å². The Morgan fingerprint density at radius 1 is 1.04 bits per heavy atom. The maximum atomic E-state index is 9.10. The zero-order chi connectivity index (χ0) is 16.7. The summed E-state index contributed by atoms with van der Waals surface area (Å²) in [7, 11) is 3.22. The Balaban J connectivity index is 1.95. The summed E-state index contributed by atoms with van der Waals surface area (Å²) in [5, 5.41) is 16.1. The molecule has 2 N–H and O–H groups in total. The molecular weight excluding hydrogens is 314 g/mol. The lowest BCUT2D eigenvalue weighted by molar-refractivity contribution is 0.394. The summed E-state index contributed by atoms with van der Waals surface area (Å²) >= 11 is 6.12. The lowest BCUT2D eigenvalue weighted by Gasteiger charge is -2.13. The summed E-state index contributed by atoms with van der Waals surface area (Å²) < 4.78 is 10.5. The summed E-state index contributed by atoms with van der Waals surface area (Å²) in [4.78, 5) is 0. The molecule has 0 spiro atoms. The zero-order valence-corrected chi connectivity index (χ0v) is 13.8. The molecule has 0 heterocycles. The summed E-state index contributed by atoms with van der Waals surface area (Å²) in [6.45, 7) is 1.25. The van der Waals surface area contributed by atoms with E-state index >= 15 is 0 Å². The first-order valence-electron chi connectivity index (χ1n) is 7.07. The molecule has 0 radical (unpaired) electrons. The van der Waals surface area contributed by atoms with Gasteiger partial charge in [-0.25, -0.2) is 0 Å². The second-order valence-electron chi connectivity index (χ2n) is 4.73. The molecule has 5 nitrogen and oxygen atoms in total. The van der Waals surface area contributed by atoms with Crippen LogP contribution in [0.2, 0.25) is 5.02 Å². The van der Waals surface area contributed by atoms with Crippen molar-refractivity contribution in [3.63, 3.8) is 0 Å². The van der Waals surface area contributed by atoms with E-state index in [0.29, 0.717) is 29.4 Å². The van der Waals surface area contributed by atoms with E-state index in [1.54, 1.807) is 32.4 Å². The molecule has 0 bridgehead atoms. The van der Waals surface area contributed by atoms with Gasteiger partial charge >= 0.3 is 0 Å². The van der Waals surface area contributed by atoms with Gasteiger partial charge in [-0.05, 0) is 12.1 Å². The highest BCUT2D eigenvalue weighted by atomic mass is 35.5. The average molecular weight is 332 g/mol. The number of nitrogens with zero attached hydrogens (tertiary/aromatic N) is 1. The largest absolute Gasteiger partial charge is 0.497 e. The van der Waals surface area contributed by atoms with Gasteiger partial charge in [-0.2, -0.15) is 5.26 Å². The molecule has 0 aliphatic heterocycles. The van der Waals surface area contributed by atoms with Crippen molar-refractivity contribution in [1.82, 2.24) is 0 Å². The van der Waals surface area contributed by atoms with Crippen molar-refractivity contribution in [2.45, 2.75) is 0 Å². The minimum absolute atomic E-state index is 0.528. The van der Waals surface area contributed by atoms with Gasteiger partial charge in [0, 0.05) is 37.0 Å². The Morgan fingerprint density at radius 3 is 2.30 bits per heavy atom. The number of anilines is 2. The van der Waals surface area contributed by atoms with Crippen LogP contribution in [-0.2, 0) is 0 Å². The number of methoxy groups -OCH3 is 2. The van der Waals surface area contributed by atoms with Crippen LogP contribution in [0.4, 0.5) is 11.4 Å². The Hall–Kier alpha value is -2.58. The smallest absolute Gasteiger partial charge is 0.124 e. The average Bonchev–Trinajstić information content (AvgIpc) is 2.59. The van der Waals surface area contributed by atoms with Crippen molar-refractivity contribution in [3.8, 4) is 17.6 Å². The van der Waals surface area contributed by atoms with E-state index in [4.69, 9.17) is 26.3 Å². The molecule has 120 valence electrons. The van der Waals surface area contributed by atoms with Gasteiger partial charge in [0.1, 0.15) is 17.6 Å². The van der Waals surface area contributed by atoms with Gasteiger partial charge in [0.15, 0.2) is 0 Å². The Labute approximate surface area is 140 Å². The monoisotopic (exact) mass is 331 g/mol. The SMILES string of the molecule is COc1cc(NCCNc2c(Cl)cccc2C#N)cc(OC)c1. The molecule has 0 amide bonds. The molecule has 0 fully saturated rings. The second-order valence-corrected chi connectivity index (χ2v) is 5.14. The van der Waals surface area contributed by atoms with Crippen molar-refractivity contribution in [2.75, 3.05) is 37.9 Å². The van der Waals surface area contributed by atoms with E-state index in [1.807, 2.05) is 18.2 Å². The highest BCUT2D eigenvalue weighted by Gasteiger charge is 2.06. The number of ether oxygens (including phenoxy) is 2. The first-order valence-corrected chi connectivity index (χ1v) is 7.45. The summed E-state index contributed by atoms with van der Waals surface area (Å²) in [6, 6.07) is 13.0. The Kier molecular flexibility index (Phi) is 5.95. The predicted octanol–water partition coefficient (Wildman–Crippen LogP) is 3.75. The standard InChI is InChI=1S/C17H18ClN3O2/c1-22-14-8-13(9-15(10-14)23-2)20-6-7-21-17-12(11-19)4-3-5-16(17)18/h3-5,8-10,20-21H,6-7H2,1-2H3. The number of halogens is 1. The molecule has 2 aromatic rings. The molecule has 23 heavy (non-hydrogen) atoms. The summed E-state index contributed by atoms with van der Waals surface area (Å²) in [5.41, 5.74) is 2.07. The molecule has 0 unspecified atom stereocenters. The fourth-order valence-electron chi connectivity index (χ4n) is 2.10. The van der Waals surface area contributed by atoms with E-state index in [-0.39, 0.29) is 0 Å². The molecule has 2 aromatic carbocycles. The number of nitrogens with one attached hydrogen (secondary N) is 2. The zero-order valence-electron chi connectivity index (χ0n) is 13.0. The lowest BCUT2D eigenvalue weighted by Crippen LogP contribution is -2.14. The molecule has 0 atom stereocenters. The van der Waals surface area contributed by atoms with Gasteiger partial charge in [0.05, 0.1) is 30.5 Å². The van der Waals surface area contributed by atoms with Crippen molar-refractivity contribution in [1.29, 1.82) is 5.26 Å². The van der Waals surface area contributed by atoms with E-state index < -0.39 is 0 Å². The van der Waals surface area contributed by atoms with Crippen LogP contribution in [0, 0.1) is 11.3 Å². The van der Waals surface area contributed by atoms with Crippen LogP contribution in [0.5, 0.6) is 11.5 Å². The number of rotatable bonds is 7. The number of benzene rings is 2. The number of para-hydroxylation sites is 1. The Morgan fingerprint density at radius 2 is 1.70 bits per heavy atom.